The molecular weight excluding hydrogens is 338 g/mol. The molecule has 3 aromatic rings. The molecule has 138 valence electrons. The molecule has 1 atom stereocenters. The predicted octanol–water partition coefficient (Wildman–Crippen LogP) is 5.09. The number of aliphatic hydroxyl groups is 1. The van der Waals surface area contributed by atoms with Crippen molar-refractivity contribution in [2.24, 2.45) is 0 Å². The largest absolute Gasteiger partial charge is 0.455 e. The zero-order chi connectivity index (χ0) is 19.2. The fraction of sp³-hybridized carbons (Fsp3) is 0.174. The second kappa shape index (κ2) is 8.52. The van der Waals surface area contributed by atoms with Crippen LogP contribution < -0.4 is 9.64 Å². The van der Waals surface area contributed by atoms with Gasteiger partial charge < -0.3 is 14.7 Å². The van der Waals surface area contributed by atoms with Gasteiger partial charge in [0.05, 0.1) is 18.3 Å². The summed E-state index contributed by atoms with van der Waals surface area (Å²) in [6, 6.07) is 24.5. The molecule has 0 bridgehead atoms. The molecule has 0 saturated heterocycles. The summed E-state index contributed by atoms with van der Waals surface area (Å²) in [7, 11) is 0. The van der Waals surface area contributed by atoms with Gasteiger partial charge in [0.2, 0.25) is 5.91 Å². The lowest BCUT2D eigenvalue weighted by atomic mass is 10.0. The van der Waals surface area contributed by atoms with E-state index < -0.39 is 6.10 Å². The number of carbonyl (C=O) groups excluding carboxylic acids is 1. The molecule has 3 rings (SSSR count). The van der Waals surface area contributed by atoms with Gasteiger partial charge in [-0.3, -0.25) is 4.79 Å². The summed E-state index contributed by atoms with van der Waals surface area (Å²) in [5, 5.41) is 10.0. The Hall–Kier alpha value is -3.11. The summed E-state index contributed by atoms with van der Waals surface area (Å²) >= 11 is 0. The molecule has 0 aliphatic carbocycles. The minimum Gasteiger partial charge on any atom is -0.455 e. The molecule has 0 fully saturated rings. The summed E-state index contributed by atoms with van der Waals surface area (Å²) in [4.78, 5) is 14.1. The molecule has 0 saturated carbocycles. The Morgan fingerprint density at radius 2 is 1.59 bits per heavy atom. The van der Waals surface area contributed by atoms with Gasteiger partial charge in [-0.25, -0.2) is 0 Å². The van der Waals surface area contributed by atoms with Crippen molar-refractivity contribution in [1.29, 1.82) is 0 Å². The van der Waals surface area contributed by atoms with Crippen LogP contribution in [-0.4, -0.2) is 11.0 Å². The van der Waals surface area contributed by atoms with E-state index in [0.29, 0.717) is 23.7 Å². The molecule has 0 spiro atoms. The van der Waals surface area contributed by atoms with Gasteiger partial charge in [-0.05, 0) is 42.3 Å². The van der Waals surface area contributed by atoms with E-state index in [2.05, 4.69) is 0 Å². The summed E-state index contributed by atoms with van der Waals surface area (Å²) in [6.07, 6.45) is -0.606. The molecular formula is C23H23NO3. The lowest BCUT2D eigenvalue weighted by Crippen LogP contribution is -2.28. The second-order valence-electron chi connectivity index (χ2n) is 6.36. The van der Waals surface area contributed by atoms with Gasteiger partial charge in [0.25, 0.3) is 0 Å². The van der Waals surface area contributed by atoms with Gasteiger partial charge in [-0.15, -0.1) is 0 Å². The van der Waals surface area contributed by atoms with E-state index in [-0.39, 0.29) is 5.91 Å². The SMILES string of the molecule is CC(=O)N(Cc1ccccc1C(C)O)c1ccccc1Oc1ccccc1. The van der Waals surface area contributed by atoms with Gasteiger partial charge in [0.1, 0.15) is 5.75 Å². The fourth-order valence-electron chi connectivity index (χ4n) is 3.00. The quantitative estimate of drug-likeness (QED) is 0.666. The Morgan fingerprint density at radius 1 is 0.963 bits per heavy atom. The maximum absolute atomic E-state index is 12.4. The number of anilines is 1. The zero-order valence-corrected chi connectivity index (χ0v) is 15.5. The third kappa shape index (κ3) is 4.54. The van der Waals surface area contributed by atoms with Crippen LogP contribution in [0.2, 0.25) is 0 Å². The first-order valence-corrected chi connectivity index (χ1v) is 8.92. The summed E-state index contributed by atoms with van der Waals surface area (Å²) in [5.74, 6) is 1.21. The minimum absolute atomic E-state index is 0.0977. The normalized spacial score (nSPS) is 11.7. The van der Waals surface area contributed by atoms with Crippen molar-refractivity contribution >= 4 is 11.6 Å². The number of benzene rings is 3. The number of hydrogen-bond acceptors (Lipinski definition) is 3. The molecule has 0 aliphatic heterocycles. The smallest absolute Gasteiger partial charge is 0.224 e. The summed E-state index contributed by atoms with van der Waals surface area (Å²) in [6.45, 7) is 3.61. The van der Waals surface area contributed by atoms with Gasteiger partial charge in [-0.2, -0.15) is 0 Å². The van der Waals surface area contributed by atoms with E-state index >= 15 is 0 Å². The number of rotatable bonds is 6. The fourth-order valence-corrected chi connectivity index (χ4v) is 3.00. The van der Waals surface area contributed by atoms with E-state index in [0.717, 1.165) is 11.1 Å². The van der Waals surface area contributed by atoms with Crippen molar-refractivity contribution in [3.8, 4) is 11.5 Å². The van der Waals surface area contributed by atoms with Crippen LogP contribution in [0.4, 0.5) is 5.69 Å². The Bertz CT molecular complexity index is 906. The van der Waals surface area contributed by atoms with E-state index in [1.54, 1.807) is 11.8 Å². The van der Waals surface area contributed by atoms with Crippen molar-refractivity contribution in [3.63, 3.8) is 0 Å². The molecule has 0 radical (unpaired) electrons. The molecule has 4 nitrogen and oxygen atoms in total. The highest BCUT2D eigenvalue weighted by molar-refractivity contribution is 5.93. The first kappa shape index (κ1) is 18.7. The number of amides is 1. The molecule has 27 heavy (non-hydrogen) atoms. The van der Waals surface area contributed by atoms with Crippen LogP contribution in [0.3, 0.4) is 0 Å². The molecule has 3 aromatic carbocycles. The minimum atomic E-state index is -0.606. The topological polar surface area (TPSA) is 49.8 Å². The standard InChI is InChI=1S/C23H23NO3/c1-17(25)21-13-7-6-10-19(21)16-24(18(2)26)22-14-8-9-15-23(22)27-20-11-4-3-5-12-20/h3-15,17,25H,16H2,1-2H3. The average Bonchev–Trinajstić information content (AvgIpc) is 2.67. The van der Waals surface area contributed by atoms with Crippen LogP contribution >= 0.6 is 0 Å². The van der Waals surface area contributed by atoms with E-state index in [4.69, 9.17) is 4.74 Å². The predicted molar refractivity (Wildman–Crippen MR) is 107 cm³/mol. The monoisotopic (exact) mass is 361 g/mol. The highest BCUT2D eigenvalue weighted by Gasteiger charge is 2.19. The first-order chi connectivity index (χ1) is 13.1. The van der Waals surface area contributed by atoms with Gasteiger partial charge in [0.15, 0.2) is 5.75 Å². The lowest BCUT2D eigenvalue weighted by Gasteiger charge is -2.25. The van der Waals surface area contributed by atoms with Crippen molar-refractivity contribution in [2.75, 3.05) is 4.90 Å². The molecule has 0 aromatic heterocycles. The summed E-state index contributed by atoms with van der Waals surface area (Å²) < 4.78 is 6.01. The van der Waals surface area contributed by atoms with Gasteiger partial charge >= 0.3 is 0 Å². The number of ether oxygens (including phenoxy) is 1. The number of aliphatic hydroxyl groups excluding tert-OH is 1. The van der Waals surface area contributed by atoms with Crippen LogP contribution in [0.1, 0.15) is 31.1 Å². The maximum atomic E-state index is 12.4. The molecule has 1 unspecified atom stereocenters. The zero-order valence-electron chi connectivity index (χ0n) is 15.5. The third-order valence-electron chi connectivity index (χ3n) is 4.34. The van der Waals surface area contributed by atoms with E-state index in [9.17, 15) is 9.90 Å². The molecule has 0 heterocycles. The van der Waals surface area contributed by atoms with Crippen LogP contribution in [0, 0.1) is 0 Å². The Morgan fingerprint density at radius 3 is 2.30 bits per heavy atom. The number of hydrogen-bond donors (Lipinski definition) is 1. The number of nitrogens with zero attached hydrogens (tertiary/aromatic N) is 1. The van der Waals surface area contributed by atoms with Gasteiger partial charge in [-0.1, -0.05) is 54.6 Å². The van der Waals surface area contributed by atoms with E-state index in [1.807, 2.05) is 78.9 Å². The molecule has 0 aliphatic rings. The Balaban J connectivity index is 1.96. The van der Waals surface area contributed by atoms with Crippen molar-refractivity contribution < 1.29 is 14.6 Å². The van der Waals surface area contributed by atoms with Crippen molar-refractivity contribution in [3.05, 3.63) is 90.0 Å². The van der Waals surface area contributed by atoms with Crippen LogP contribution in [-0.2, 0) is 11.3 Å². The Labute approximate surface area is 159 Å². The van der Waals surface area contributed by atoms with Crippen molar-refractivity contribution in [1.82, 2.24) is 0 Å². The second-order valence-corrected chi connectivity index (χ2v) is 6.36. The number of para-hydroxylation sites is 3. The number of carbonyl (C=O) groups is 1. The van der Waals surface area contributed by atoms with Crippen LogP contribution in [0.25, 0.3) is 0 Å². The highest BCUT2D eigenvalue weighted by Crippen LogP contribution is 2.33. The highest BCUT2D eigenvalue weighted by atomic mass is 16.5. The Kier molecular flexibility index (Phi) is 5.89. The summed E-state index contributed by atoms with van der Waals surface area (Å²) in [5.41, 5.74) is 2.40. The molecule has 1 N–H and O–H groups in total. The third-order valence-corrected chi connectivity index (χ3v) is 4.34. The lowest BCUT2D eigenvalue weighted by molar-refractivity contribution is -0.116. The van der Waals surface area contributed by atoms with E-state index in [1.165, 1.54) is 6.92 Å². The van der Waals surface area contributed by atoms with Gasteiger partial charge in [0, 0.05) is 6.92 Å². The van der Waals surface area contributed by atoms with Crippen molar-refractivity contribution in [2.45, 2.75) is 26.5 Å². The average molecular weight is 361 g/mol. The first-order valence-electron chi connectivity index (χ1n) is 8.92. The van der Waals surface area contributed by atoms with Crippen LogP contribution in [0.15, 0.2) is 78.9 Å². The molecule has 1 amide bonds. The molecule has 4 heteroatoms. The maximum Gasteiger partial charge on any atom is 0.224 e. The van der Waals surface area contributed by atoms with Crippen LogP contribution in [0.5, 0.6) is 11.5 Å².